The molecule has 4 rings (SSSR count). The van der Waals surface area contributed by atoms with E-state index in [1.165, 1.54) is 28.0 Å². The average Bonchev–Trinajstić information content (AvgIpc) is 2.73. The monoisotopic (exact) mass is 351 g/mol. The zero-order valence-electron chi connectivity index (χ0n) is 15.6. The molecule has 1 nitrogen and oxygen atoms in total. The van der Waals surface area contributed by atoms with Crippen molar-refractivity contribution in [1.82, 2.24) is 0 Å². The zero-order chi connectivity index (χ0) is 18.3. The molecular formula is C26H25N. The third-order valence-electron chi connectivity index (χ3n) is 5.02. The Bertz CT molecular complexity index is 919. The highest BCUT2D eigenvalue weighted by Gasteiger charge is 2.07. The Balaban J connectivity index is 1.35. The van der Waals surface area contributed by atoms with E-state index in [0.717, 1.165) is 31.4 Å². The summed E-state index contributed by atoms with van der Waals surface area (Å²) in [5.74, 6) is 0. The molecule has 0 unspecified atom stereocenters. The first kappa shape index (κ1) is 17.4. The summed E-state index contributed by atoms with van der Waals surface area (Å²) in [6, 6.07) is 30.1. The van der Waals surface area contributed by atoms with Crippen LogP contribution in [-0.2, 0) is 12.8 Å². The SMILES string of the molecule is C1=C(Cc2ccccc2)CCC(Nc2ccc(Cc3ccccc3)cc2)=C1. The Labute approximate surface area is 162 Å². The number of benzene rings is 3. The summed E-state index contributed by atoms with van der Waals surface area (Å²) in [5, 5.41) is 3.57. The molecule has 0 spiro atoms. The second kappa shape index (κ2) is 8.55. The predicted molar refractivity (Wildman–Crippen MR) is 115 cm³/mol. The van der Waals surface area contributed by atoms with Gasteiger partial charge in [0.15, 0.2) is 0 Å². The van der Waals surface area contributed by atoms with E-state index < -0.39 is 0 Å². The maximum absolute atomic E-state index is 3.57. The van der Waals surface area contributed by atoms with Gasteiger partial charge in [-0.3, -0.25) is 0 Å². The second-order valence-electron chi connectivity index (χ2n) is 7.16. The lowest BCUT2D eigenvalue weighted by molar-refractivity contribution is 0.873. The lowest BCUT2D eigenvalue weighted by atomic mass is 9.96. The highest BCUT2D eigenvalue weighted by molar-refractivity contribution is 5.51. The lowest BCUT2D eigenvalue weighted by Gasteiger charge is -2.17. The molecule has 0 aromatic heterocycles. The van der Waals surface area contributed by atoms with E-state index in [9.17, 15) is 0 Å². The lowest BCUT2D eigenvalue weighted by Crippen LogP contribution is -2.04. The summed E-state index contributed by atoms with van der Waals surface area (Å²) in [5.41, 5.74) is 8.05. The molecule has 3 aromatic rings. The van der Waals surface area contributed by atoms with E-state index in [4.69, 9.17) is 0 Å². The Morgan fingerprint density at radius 3 is 1.74 bits per heavy atom. The minimum absolute atomic E-state index is 0.982. The number of rotatable bonds is 6. The van der Waals surface area contributed by atoms with Crippen LogP contribution in [0.5, 0.6) is 0 Å². The molecule has 0 aliphatic heterocycles. The maximum atomic E-state index is 3.57. The third-order valence-corrected chi connectivity index (χ3v) is 5.02. The summed E-state index contributed by atoms with van der Waals surface area (Å²) in [4.78, 5) is 0. The van der Waals surface area contributed by atoms with Crippen LogP contribution >= 0.6 is 0 Å². The van der Waals surface area contributed by atoms with E-state index in [0.29, 0.717) is 0 Å². The van der Waals surface area contributed by atoms with Crippen molar-refractivity contribution in [3.63, 3.8) is 0 Å². The van der Waals surface area contributed by atoms with Crippen molar-refractivity contribution in [3.8, 4) is 0 Å². The van der Waals surface area contributed by atoms with Crippen LogP contribution in [0.15, 0.2) is 108 Å². The highest BCUT2D eigenvalue weighted by atomic mass is 14.9. The van der Waals surface area contributed by atoms with Gasteiger partial charge in [-0.25, -0.2) is 0 Å². The molecule has 0 saturated heterocycles. The van der Waals surface area contributed by atoms with Crippen molar-refractivity contribution < 1.29 is 0 Å². The highest BCUT2D eigenvalue weighted by Crippen LogP contribution is 2.23. The summed E-state index contributed by atoms with van der Waals surface area (Å²) in [6.45, 7) is 0. The maximum Gasteiger partial charge on any atom is 0.0381 e. The summed E-state index contributed by atoms with van der Waals surface area (Å²) < 4.78 is 0. The number of anilines is 1. The fourth-order valence-corrected chi connectivity index (χ4v) is 3.51. The van der Waals surface area contributed by atoms with Crippen molar-refractivity contribution in [2.75, 3.05) is 5.32 Å². The number of hydrogen-bond donors (Lipinski definition) is 1. The van der Waals surface area contributed by atoms with E-state index >= 15 is 0 Å². The molecule has 0 radical (unpaired) electrons. The molecule has 1 aliphatic rings. The third kappa shape index (κ3) is 4.98. The van der Waals surface area contributed by atoms with Crippen LogP contribution in [0.25, 0.3) is 0 Å². The van der Waals surface area contributed by atoms with Crippen LogP contribution in [0.1, 0.15) is 29.5 Å². The summed E-state index contributed by atoms with van der Waals surface area (Å²) in [7, 11) is 0. The predicted octanol–water partition coefficient (Wildman–Crippen LogP) is 6.54. The molecule has 0 heterocycles. The number of allylic oxidation sites excluding steroid dienone is 4. The molecule has 1 aliphatic carbocycles. The van der Waals surface area contributed by atoms with E-state index in [1.807, 2.05) is 0 Å². The first-order valence-electron chi connectivity index (χ1n) is 9.67. The normalized spacial score (nSPS) is 13.6. The quantitative estimate of drug-likeness (QED) is 0.532. The van der Waals surface area contributed by atoms with Crippen molar-refractivity contribution in [3.05, 3.63) is 125 Å². The Morgan fingerprint density at radius 1 is 0.556 bits per heavy atom. The van der Waals surface area contributed by atoms with E-state index in [2.05, 4.69) is 102 Å². The number of nitrogens with one attached hydrogen (secondary N) is 1. The molecule has 0 saturated carbocycles. The van der Waals surface area contributed by atoms with Crippen molar-refractivity contribution in [2.45, 2.75) is 25.7 Å². The van der Waals surface area contributed by atoms with Gasteiger partial charge < -0.3 is 5.32 Å². The van der Waals surface area contributed by atoms with Gasteiger partial charge in [0.05, 0.1) is 0 Å². The van der Waals surface area contributed by atoms with Gasteiger partial charge in [0, 0.05) is 11.4 Å². The zero-order valence-corrected chi connectivity index (χ0v) is 15.6. The second-order valence-corrected chi connectivity index (χ2v) is 7.16. The van der Waals surface area contributed by atoms with Crippen molar-refractivity contribution in [2.24, 2.45) is 0 Å². The standard InChI is InChI=1S/C26H25N/c1-3-7-21(8-4-1)19-23-11-15-25(16-12-23)27-26-17-13-24(14-18-26)20-22-9-5-2-6-10-22/h1-13,15-17,27H,14,18-20H2. The smallest absolute Gasteiger partial charge is 0.0381 e. The largest absolute Gasteiger partial charge is 0.359 e. The van der Waals surface area contributed by atoms with Gasteiger partial charge >= 0.3 is 0 Å². The first-order chi connectivity index (χ1) is 13.3. The van der Waals surface area contributed by atoms with Gasteiger partial charge in [0.1, 0.15) is 0 Å². The summed E-state index contributed by atoms with van der Waals surface area (Å²) >= 11 is 0. The fraction of sp³-hybridized carbons (Fsp3) is 0.154. The Kier molecular flexibility index (Phi) is 5.50. The van der Waals surface area contributed by atoms with Gasteiger partial charge in [-0.05, 0) is 60.6 Å². The van der Waals surface area contributed by atoms with Gasteiger partial charge in [0.2, 0.25) is 0 Å². The van der Waals surface area contributed by atoms with Crippen LogP contribution in [0.4, 0.5) is 5.69 Å². The molecule has 3 aromatic carbocycles. The van der Waals surface area contributed by atoms with E-state index in [1.54, 1.807) is 0 Å². The van der Waals surface area contributed by atoms with Crippen LogP contribution in [-0.4, -0.2) is 0 Å². The molecule has 0 amide bonds. The first-order valence-corrected chi connectivity index (χ1v) is 9.67. The molecule has 1 N–H and O–H groups in total. The van der Waals surface area contributed by atoms with Crippen LogP contribution < -0.4 is 5.32 Å². The molecular weight excluding hydrogens is 326 g/mol. The molecule has 0 atom stereocenters. The van der Waals surface area contributed by atoms with Crippen molar-refractivity contribution in [1.29, 1.82) is 0 Å². The minimum atomic E-state index is 0.982. The molecule has 0 bridgehead atoms. The number of hydrogen-bond acceptors (Lipinski definition) is 1. The van der Waals surface area contributed by atoms with Crippen LogP contribution in [0.3, 0.4) is 0 Å². The molecule has 1 heteroatoms. The van der Waals surface area contributed by atoms with Gasteiger partial charge in [-0.1, -0.05) is 84.4 Å². The van der Waals surface area contributed by atoms with Crippen LogP contribution in [0, 0.1) is 0 Å². The van der Waals surface area contributed by atoms with Crippen LogP contribution in [0.2, 0.25) is 0 Å². The average molecular weight is 351 g/mol. The molecule has 27 heavy (non-hydrogen) atoms. The van der Waals surface area contributed by atoms with Gasteiger partial charge in [-0.15, -0.1) is 0 Å². The van der Waals surface area contributed by atoms with E-state index in [-0.39, 0.29) is 0 Å². The fourth-order valence-electron chi connectivity index (χ4n) is 3.51. The molecule has 0 fully saturated rings. The van der Waals surface area contributed by atoms with Crippen molar-refractivity contribution >= 4 is 5.69 Å². The van der Waals surface area contributed by atoms with Gasteiger partial charge in [-0.2, -0.15) is 0 Å². The topological polar surface area (TPSA) is 12.0 Å². The molecule has 134 valence electrons. The van der Waals surface area contributed by atoms with Gasteiger partial charge in [0.25, 0.3) is 0 Å². The Hall–Kier alpha value is -3.06. The minimum Gasteiger partial charge on any atom is -0.359 e. The summed E-state index contributed by atoms with van der Waals surface area (Å²) in [6.07, 6.45) is 8.75. The Morgan fingerprint density at radius 2 is 1.15 bits per heavy atom.